The number of nitrogens with zero attached hydrogens (tertiary/aromatic N) is 3. The molecule has 1 aromatic heterocycles. The third kappa shape index (κ3) is 5.40. The predicted octanol–water partition coefficient (Wildman–Crippen LogP) is 8.30. The van der Waals surface area contributed by atoms with E-state index in [-0.39, 0.29) is 11.7 Å². The van der Waals surface area contributed by atoms with Gasteiger partial charge in [-0.1, -0.05) is 115 Å². The molecule has 0 fully saturated rings. The molecule has 0 spiro atoms. The summed E-state index contributed by atoms with van der Waals surface area (Å²) in [6.07, 6.45) is 7.35. The average molecular weight is 614 g/mol. The molecule has 5 heteroatoms. The second-order valence-corrected chi connectivity index (χ2v) is 12.1. The van der Waals surface area contributed by atoms with Gasteiger partial charge >= 0.3 is 0 Å². The number of aryl methyl sites for hydroxylation is 1. The molecule has 0 radical (unpaired) electrons. The fourth-order valence-electron chi connectivity index (χ4n) is 6.78. The monoisotopic (exact) mass is 613 g/mol. The summed E-state index contributed by atoms with van der Waals surface area (Å²) < 4.78 is 2.21. The molecule has 5 nitrogen and oxygen atoms in total. The Hall–Kier alpha value is -5.81. The second kappa shape index (κ2) is 12.5. The van der Waals surface area contributed by atoms with E-state index in [0.29, 0.717) is 24.0 Å². The zero-order chi connectivity index (χ0) is 32.4. The summed E-state index contributed by atoms with van der Waals surface area (Å²) in [7, 11) is 3.47. The summed E-state index contributed by atoms with van der Waals surface area (Å²) in [5.41, 5.74) is 8.36. The summed E-state index contributed by atoms with van der Waals surface area (Å²) in [5.74, 6) is -0.0579. The molecule has 1 heterocycles. The van der Waals surface area contributed by atoms with Crippen molar-refractivity contribution in [3.63, 3.8) is 0 Å². The Morgan fingerprint density at radius 1 is 0.723 bits per heavy atom. The number of hydrogen-bond acceptors (Lipinski definition) is 3. The molecular formula is C42H35N3O2. The maximum Gasteiger partial charge on any atom is 0.253 e. The zero-order valence-electron chi connectivity index (χ0n) is 26.5. The molecule has 47 heavy (non-hydrogen) atoms. The number of rotatable bonds is 7. The Bertz CT molecular complexity index is 2000. The molecule has 0 saturated carbocycles. The summed E-state index contributed by atoms with van der Waals surface area (Å²) >= 11 is 0. The first-order valence-electron chi connectivity index (χ1n) is 15.9. The topological polar surface area (TPSA) is 55.2 Å². The molecule has 6 aromatic rings. The normalized spacial score (nSPS) is 13.7. The van der Waals surface area contributed by atoms with Gasteiger partial charge < -0.3 is 9.47 Å². The Morgan fingerprint density at radius 2 is 1.30 bits per heavy atom. The van der Waals surface area contributed by atoms with Crippen LogP contribution in [0.3, 0.4) is 0 Å². The number of hydrogen-bond donors (Lipinski definition) is 0. The van der Waals surface area contributed by atoms with Gasteiger partial charge in [0.25, 0.3) is 5.91 Å². The van der Waals surface area contributed by atoms with Gasteiger partial charge in [-0.3, -0.25) is 9.59 Å². The summed E-state index contributed by atoms with van der Waals surface area (Å²) in [4.78, 5) is 32.8. The predicted molar refractivity (Wildman–Crippen MR) is 187 cm³/mol. The fraction of sp³-hybridized carbons (Fsp3) is 0.119. The van der Waals surface area contributed by atoms with Crippen LogP contribution in [0.5, 0.6) is 0 Å². The van der Waals surface area contributed by atoms with Gasteiger partial charge in [0.1, 0.15) is 5.54 Å². The molecule has 7 rings (SSSR count). The van der Waals surface area contributed by atoms with Gasteiger partial charge in [-0.2, -0.15) is 0 Å². The van der Waals surface area contributed by atoms with E-state index in [1.807, 2.05) is 54.9 Å². The molecule has 230 valence electrons. The van der Waals surface area contributed by atoms with E-state index in [4.69, 9.17) is 4.98 Å². The number of fused-ring (bicyclic) bond motifs is 1. The van der Waals surface area contributed by atoms with Gasteiger partial charge in [0.2, 0.25) is 0 Å². The van der Waals surface area contributed by atoms with Crippen molar-refractivity contribution in [3.05, 3.63) is 191 Å². The minimum absolute atomic E-state index is 0.00619. The van der Waals surface area contributed by atoms with Crippen molar-refractivity contribution in [2.75, 3.05) is 14.1 Å². The van der Waals surface area contributed by atoms with Crippen LogP contribution in [-0.4, -0.2) is 40.2 Å². The smallest absolute Gasteiger partial charge is 0.253 e. The molecule has 0 N–H and O–H groups in total. The minimum Gasteiger partial charge on any atom is -0.345 e. The quantitative estimate of drug-likeness (QED) is 0.134. The van der Waals surface area contributed by atoms with Crippen molar-refractivity contribution >= 4 is 17.8 Å². The van der Waals surface area contributed by atoms with Crippen molar-refractivity contribution in [2.45, 2.75) is 18.4 Å². The lowest BCUT2D eigenvalue weighted by Gasteiger charge is -2.37. The summed E-state index contributed by atoms with van der Waals surface area (Å²) in [6, 6.07) is 45.2. The Balaban J connectivity index is 1.31. The van der Waals surface area contributed by atoms with E-state index >= 15 is 0 Å². The van der Waals surface area contributed by atoms with Crippen molar-refractivity contribution in [1.29, 1.82) is 0 Å². The number of carbonyl (C=O) groups excluding carboxylic acids is 2. The Morgan fingerprint density at radius 3 is 1.89 bits per heavy atom. The van der Waals surface area contributed by atoms with E-state index in [2.05, 4.69) is 89.6 Å². The van der Waals surface area contributed by atoms with Crippen molar-refractivity contribution in [1.82, 2.24) is 14.5 Å². The van der Waals surface area contributed by atoms with Gasteiger partial charge in [-0.15, -0.1) is 0 Å². The summed E-state index contributed by atoms with van der Waals surface area (Å²) in [6.45, 7) is 0. The standard InChI is InChI=1S/C42H35N3O2/c1-44(2)41(47)33-24-25-38-31(27-33)22-23-32(40(38)46)26-30-14-12-13-21-37(30)39-28-45(29-43-39)42(34-15-6-3-7-16-34,35-17-8-4-9-18-35)36-19-10-5-11-20-36/h3-21,24-29H,22-23H2,1-2H3. The van der Waals surface area contributed by atoms with Crippen LogP contribution in [0, 0.1) is 0 Å². The molecule has 1 aliphatic rings. The van der Waals surface area contributed by atoms with E-state index < -0.39 is 5.54 Å². The largest absolute Gasteiger partial charge is 0.345 e. The third-order valence-corrected chi connectivity index (χ3v) is 9.07. The summed E-state index contributed by atoms with van der Waals surface area (Å²) in [5, 5.41) is 0. The van der Waals surface area contributed by atoms with E-state index in [1.165, 1.54) is 0 Å². The molecular weight excluding hydrogens is 578 g/mol. The van der Waals surface area contributed by atoms with Crippen LogP contribution < -0.4 is 0 Å². The lowest BCUT2D eigenvalue weighted by atomic mass is 9.77. The highest BCUT2D eigenvalue weighted by Gasteiger charge is 2.38. The molecule has 0 saturated heterocycles. The van der Waals surface area contributed by atoms with Crippen LogP contribution in [0.25, 0.3) is 17.3 Å². The molecule has 5 aromatic carbocycles. The van der Waals surface area contributed by atoms with Crippen LogP contribution >= 0.6 is 0 Å². The molecule has 0 bridgehead atoms. The number of allylic oxidation sites excluding steroid dienone is 1. The maximum absolute atomic E-state index is 13.7. The number of benzene rings is 5. The third-order valence-electron chi connectivity index (χ3n) is 9.07. The molecule has 0 unspecified atom stereocenters. The number of ketones is 1. The van der Waals surface area contributed by atoms with Gasteiger partial charge in [0, 0.05) is 42.6 Å². The molecule has 0 atom stereocenters. The Kier molecular flexibility index (Phi) is 7.96. The average Bonchev–Trinajstić information content (AvgIpc) is 3.61. The van der Waals surface area contributed by atoms with Crippen molar-refractivity contribution in [2.24, 2.45) is 0 Å². The van der Waals surface area contributed by atoms with Crippen LogP contribution in [0.15, 0.2) is 152 Å². The molecule has 1 amide bonds. The number of imidazole rings is 1. The van der Waals surface area contributed by atoms with E-state index in [9.17, 15) is 9.59 Å². The zero-order valence-corrected chi connectivity index (χ0v) is 26.5. The molecule has 1 aliphatic carbocycles. The fourth-order valence-corrected chi connectivity index (χ4v) is 6.78. The van der Waals surface area contributed by atoms with Crippen molar-refractivity contribution in [3.8, 4) is 11.3 Å². The Labute approximate surface area is 275 Å². The van der Waals surface area contributed by atoms with Crippen LogP contribution in [0.1, 0.15) is 55.0 Å². The van der Waals surface area contributed by atoms with Crippen LogP contribution in [0.2, 0.25) is 0 Å². The highest BCUT2D eigenvalue weighted by Crippen LogP contribution is 2.42. The van der Waals surface area contributed by atoms with Crippen LogP contribution in [-0.2, 0) is 12.0 Å². The maximum atomic E-state index is 13.7. The van der Waals surface area contributed by atoms with E-state index in [1.54, 1.807) is 31.1 Å². The lowest BCUT2D eigenvalue weighted by molar-refractivity contribution is 0.0826. The molecule has 0 aliphatic heterocycles. The second-order valence-electron chi connectivity index (χ2n) is 12.1. The van der Waals surface area contributed by atoms with Crippen LogP contribution in [0.4, 0.5) is 0 Å². The van der Waals surface area contributed by atoms with Gasteiger partial charge in [-0.25, -0.2) is 4.98 Å². The minimum atomic E-state index is -0.668. The van der Waals surface area contributed by atoms with Gasteiger partial charge in [0.15, 0.2) is 5.78 Å². The number of Topliss-reactive ketones (excluding diaryl/α,β-unsaturated/α-hetero) is 1. The number of amides is 1. The first-order chi connectivity index (χ1) is 23.0. The lowest BCUT2D eigenvalue weighted by Crippen LogP contribution is -2.36. The number of carbonyl (C=O) groups is 2. The highest BCUT2D eigenvalue weighted by molar-refractivity contribution is 6.14. The van der Waals surface area contributed by atoms with Gasteiger partial charge in [-0.05, 0) is 64.9 Å². The highest BCUT2D eigenvalue weighted by atomic mass is 16.2. The van der Waals surface area contributed by atoms with Gasteiger partial charge in [0.05, 0.1) is 12.0 Å². The van der Waals surface area contributed by atoms with E-state index in [0.717, 1.165) is 44.6 Å². The van der Waals surface area contributed by atoms with Crippen molar-refractivity contribution < 1.29 is 9.59 Å². The first kappa shape index (κ1) is 29.9. The SMILES string of the molecule is CN(C)C(=O)c1ccc2c(c1)CCC(=Cc1ccccc1-c1cn(C(c3ccccc3)(c3ccccc3)c3ccccc3)cn1)C2=O. The first-order valence-corrected chi connectivity index (χ1v) is 15.9. The number of aromatic nitrogens is 2.